The van der Waals surface area contributed by atoms with E-state index in [9.17, 15) is 9.90 Å². The molecular weight excluding hydrogens is 348 g/mol. The van der Waals surface area contributed by atoms with Crippen LogP contribution >= 0.6 is 0 Å². The van der Waals surface area contributed by atoms with Crippen molar-refractivity contribution in [3.63, 3.8) is 0 Å². The molecule has 0 aromatic heterocycles. The summed E-state index contributed by atoms with van der Waals surface area (Å²) in [5.41, 5.74) is 1.45. The lowest BCUT2D eigenvalue weighted by Gasteiger charge is -2.30. The maximum Gasteiger partial charge on any atom is 0.192 e. The molecule has 3 nitrogen and oxygen atoms in total. The van der Waals surface area contributed by atoms with Crippen LogP contribution in [0.3, 0.4) is 0 Å². The molecule has 0 amide bonds. The molecule has 0 radical (unpaired) electrons. The molecule has 2 aromatic carbocycles. The van der Waals surface area contributed by atoms with Crippen molar-refractivity contribution in [3.8, 4) is 17.2 Å². The molecule has 1 aliphatic rings. The van der Waals surface area contributed by atoms with Gasteiger partial charge in [-0.3, -0.25) is 4.79 Å². The number of hydrogen-bond acceptors (Lipinski definition) is 3. The predicted octanol–water partition coefficient (Wildman–Crippen LogP) is 6.47. The van der Waals surface area contributed by atoms with Crippen molar-refractivity contribution in [2.75, 3.05) is 0 Å². The first-order valence-corrected chi connectivity index (χ1v) is 9.53. The number of benzene rings is 2. The average molecular weight is 374 g/mol. The quantitative estimate of drug-likeness (QED) is 0.465. The molecule has 0 saturated heterocycles. The van der Waals surface area contributed by atoms with Gasteiger partial charge in [-0.2, -0.15) is 0 Å². The first kappa shape index (κ1) is 19.7. The van der Waals surface area contributed by atoms with Crippen LogP contribution in [0.25, 0.3) is 0 Å². The Balaban J connectivity index is 1.66. The highest BCUT2D eigenvalue weighted by molar-refractivity contribution is 6.10. The lowest BCUT2D eigenvalue weighted by Crippen LogP contribution is -2.21. The van der Waals surface area contributed by atoms with Gasteiger partial charge in [-0.25, -0.2) is 0 Å². The third kappa shape index (κ3) is 4.61. The Hall–Kier alpha value is -3.07. The minimum absolute atomic E-state index is 0.0229. The molecule has 3 rings (SSSR count). The molecule has 0 aliphatic heterocycles. The number of ether oxygens (including phenoxy) is 1. The van der Waals surface area contributed by atoms with E-state index in [4.69, 9.17) is 4.74 Å². The first-order chi connectivity index (χ1) is 13.4. The number of phenols is 1. The van der Waals surface area contributed by atoms with Gasteiger partial charge < -0.3 is 9.84 Å². The Morgan fingerprint density at radius 1 is 1.07 bits per heavy atom. The average Bonchev–Trinajstić information content (AvgIpc) is 2.70. The van der Waals surface area contributed by atoms with E-state index in [0.717, 1.165) is 12.0 Å². The molecular formula is C25H26O3. The van der Waals surface area contributed by atoms with E-state index < -0.39 is 0 Å². The molecule has 144 valence electrons. The van der Waals surface area contributed by atoms with Crippen LogP contribution in [0.5, 0.6) is 17.2 Å². The summed E-state index contributed by atoms with van der Waals surface area (Å²) < 4.78 is 5.73. The fraction of sp³-hybridized carbons (Fsp3) is 0.240. The standard InChI is InChI=1S/C25H26O3/c1-4-17-25(2,3)20-9-5-18(6-10-20)24(27)19-7-13-22(14-8-19)28-23-15-11-21(26)12-16-23/h4-9,11-17,20,26H,10H2,1-3H3. The van der Waals surface area contributed by atoms with Crippen molar-refractivity contribution >= 4 is 5.78 Å². The third-order valence-corrected chi connectivity index (χ3v) is 5.10. The highest BCUT2D eigenvalue weighted by atomic mass is 16.5. The zero-order valence-electron chi connectivity index (χ0n) is 16.6. The number of phenolic OH excluding ortho intramolecular Hbond substituents is 1. The number of carbonyl (C=O) groups excluding carboxylic acids is 1. The Labute approximate surface area is 166 Å². The molecule has 0 heterocycles. The predicted molar refractivity (Wildman–Crippen MR) is 113 cm³/mol. The molecule has 1 atom stereocenters. The molecule has 1 aliphatic carbocycles. The molecule has 28 heavy (non-hydrogen) atoms. The molecule has 0 saturated carbocycles. The van der Waals surface area contributed by atoms with Crippen molar-refractivity contribution in [1.82, 2.24) is 0 Å². The summed E-state index contributed by atoms with van der Waals surface area (Å²) in [5.74, 6) is 1.88. The van der Waals surface area contributed by atoms with Crippen LogP contribution in [0.4, 0.5) is 0 Å². The Kier molecular flexibility index (Phi) is 5.84. The Morgan fingerprint density at radius 3 is 2.21 bits per heavy atom. The summed E-state index contributed by atoms with van der Waals surface area (Å²) in [4.78, 5) is 12.8. The number of Topliss-reactive ketones (excluding diaryl/α,β-unsaturated/α-hetero) is 1. The van der Waals surface area contributed by atoms with Crippen molar-refractivity contribution in [2.45, 2.75) is 27.2 Å². The third-order valence-electron chi connectivity index (χ3n) is 5.10. The van der Waals surface area contributed by atoms with Gasteiger partial charge >= 0.3 is 0 Å². The number of ketones is 1. The van der Waals surface area contributed by atoms with E-state index in [1.54, 1.807) is 48.5 Å². The second-order valence-corrected chi connectivity index (χ2v) is 7.63. The first-order valence-electron chi connectivity index (χ1n) is 9.53. The van der Waals surface area contributed by atoms with E-state index >= 15 is 0 Å². The second kappa shape index (κ2) is 8.30. The monoisotopic (exact) mass is 374 g/mol. The smallest absolute Gasteiger partial charge is 0.192 e. The van der Waals surface area contributed by atoms with Gasteiger partial charge in [0, 0.05) is 11.1 Å². The van der Waals surface area contributed by atoms with Gasteiger partial charge in [0.1, 0.15) is 17.2 Å². The van der Waals surface area contributed by atoms with Gasteiger partial charge in [-0.15, -0.1) is 0 Å². The Morgan fingerprint density at radius 2 is 1.68 bits per heavy atom. The SMILES string of the molecule is CC=CC(C)(C)C1C=CC(C(=O)c2ccc(Oc3ccc(O)cc3)cc2)=CC1. The normalized spacial score (nSPS) is 16.8. The Bertz CT molecular complexity index is 913. The molecule has 1 N–H and O–H groups in total. The fourth-order valence-corrected chi connectivity index (χ4v) is 3.38. The van der Waals surface area contributed by atoms with Gasteiger partial charge in [0.25, 0.3) is 0 Å². The van der Waals surface area contributed by atoms with Crippen molar-refractivity contribution in [2.24, 2.45) is 11.3 Å². The van der Waals surface area contributed by atoms with Crippen LogP contribution in [0.2, 0.25) is 0 Å². The van der Waals surface area contributed by atoms with Gasteiger partial charge in [-0.05, 0) is 73.2 Å². The van der Waals surface area contributed by atoms with Crippen LogP contribution in [0, 0.1) is 11.3 Å². The lowest BCUT2D eigenvalue weighted by molar-refractivity contribution is 0.103. The maximum atomic E-state index is 12.8. The van der Waals surface area contributed by atoms with Crippen LogP contribution in [0.15, 0.2) is 84.5 Å². The van der Waals surface area contributed by atoms with Crippen LogP contribution in [-0.2, 0) is 0 Å². The van der Waals surface area contributed by atoms with Crippen LogP contribution < -0.4 is 4.74 Å². The van der Waals surface area contributed by atoms with E-state index in [1.807, 2.05) is 19.1 Å². The van der Waals surface area contributed by atoms with Crippen molar-refractivity contribution in [3.05, 3.63) is 90.0 Å². The summed E-state index contributed by atoms with van der Waals surface area (Å²) >= 11 is 0. The number of aromatic hydroxyl groups is 1. The largest absolute Gasteiger partial charge is 0.508 e. The van der Waals surface area contributed by atoms with Gasteiger partial charge in [-0.1, -0.05) is 44.2 Å². The summed E-state index contributed by atoms with van der Waals surface area (Å²) in [6.07, 6.45) is 11.3. The summed E-state index contributed by atoms with van der Waals surface area (Å²) in [5, 5.41) is 9.32. The number of allylic oxidation sites excluding steroid dienone is 6. The van der Waals surface area contributed by atoms with Gasteiger partial charge in [0.2, 0.25) is 0 Å². The highest BCUT2D eigenvalue weighted by Crippen LogP contribution is 2.35. The molecule has 0 spiro atoms. The van der Waals surface area contributed by atoms with Crippen LogP contribution in [-0.4, -0.2) is 10.9 Å². The molecule has 3 heteroatoms. The molecule has 1 unspecified atom stereocenters. The van der Waals surface area contributed by atoms with Crippen molar-refractivity contribution < 1.29 is 14.6 Å². The summed E-state index contributed by atoms with van der Waals surface area (Å²) in [6, 6.07) is 13.6. The van der Waals surface area contributed by atoms with Gasteiger partial charge in [0.15, 0.2) is 5.78 Å². The molecule has 0 fully saturated rings. The number of carbonyl (C=O) groups is 1. The van der Waals surface area contributed by atoms with Gasteiger partial charge in [0.05, 0.1) is 0 Å². The van der Waals surface area contributed by atoms with E-state index in [-0.39, 0.29) is 16.9 Å². The zero-order chi connectivity index (χ0) is 20.1. The molecule has 2 aromatic rings. The van der Waals surface area contributed by atoms with Crippen molar-refractivity contribution in [1.29, 1.82) is 0 Å². The second-order valence-electron chi connectivity index (χ2n) is 7.63. The fourth-order valence-electron chi connectivity index (χ4n) is 3.38. The topological polar surface area (TPSA) is 46.5 Å². The maximum absolute atomic E-state index is 12.8. The minimum atomic E-state index is 0.0229. The summed E-state index contributed by atoms with van der Waals surface area (Å²) in [7, 11) is 0. The molecule has 0 bridgehead atoms. The highest BCUT2D eigenvalue weighted by Gasteiger charge is 2.26. The van der Waals surface area contributed by atoms with Crippen LogP contribution in [0.1, 0.15) is 37.6 Å². The minimum Gasteiger partial charge on any atom is -0.508 e. The lowest BCUT2D eigenvalue weighted by atomic mass is 9.74. The summed E-state index contributed by atoms with van der Waals surface area (Å²) in [6.45, 7) is 6.47. The van der Waals surface area contributed by atoms with E-state index in [2.05, 4.69) is 32.1 Å². The van der Waals surface area contributed by atoms with E-state index in [1.165, 1.54) is 0 Å². The van der Waals surface area contributed by atoms with E-state index in [0.29, 0.717) is 23.0 Å². The number of hydrogen-bond donors (Lipinski definition) is 1. The zero-order valence-corrected chi connectivity index (χ0v) is 16.6. The number of rotatable bonds is 6.